The molecule has 2 unspecified atom stereocenters. The Morgan fingerprint density at radius 1 is 0.800 bits per heavy atom. The van der Waals surface area contributed by atoms with Crippen LogP contribution in [0.4, 0.5) is 0 Å². The van der Waals surface area contributed by atoms with Gasteiger partial charge in [0.1, 0.15) is 0 Å². The Morgan fingerprint density at radius 2 is 0.800 bits per heavy atom. The fourth-order valence-electron chi connectivity index (χ4n) is 0. The molecule has 0 radical (unpaired) electrons. The molecule has 0 saturated carbocycles. The van der Waals surface area contributed by atoms with Crippen LogP contribution in [0.15, 0.2) is 0 Å². The van der Waals surface area contributed by atoms with Gasteiger partial charge in [-0.15, -0.1) is 0 Å². The van der Waals surface area contributed by atoms with Gasteiger partial charge in [0.15, 0.2) is 17.4 Å². The minimum atomic E-state index is 0. The third kappa shape index (κ3) is 19.7. The van der Waals surface area contributed by atoms with E-state index in [2.05, 4.69) is 0 Å². The van der Waals surface area contributed by atoms with Crippen LogP contribution in [0.1, 0.15) is 0 Å². The molecule has 0 rings (SSSR count). The molecule has 0 nitrogen and oxygen atoms in total. The molecule has 0 spiro atoms. The second-order valence-electron chi connectivity index (χ2n) is 0. The van der Waals surface area contributed by atoms with Gasteiger partial charge in [-0.05, 0) is 0 Å². The summed E-state index contributed by atoms with van der Waals surface area (Å²) in [6.07, 6.45) is 0. The molecule has 5 heavy (non-hydrogen) atoms. The van der Waals surface area contributed by atoms with Crippen molar-refractivity contribution in [1.29, 1.82) is 0 Å². The summed E-state index contributed by atoms with van der Waals surface area (Å²) in [6, 6.07) is 0. The van der Waals surface area contributed by atoms with Gasteiger partial charge in [-0.25, -0.2) is 0 Å². The number of hydrogen-bond donors (Lipinski definition) is 0. The quantitative estimate of drug-likeness (QED) is 0.322. The molecule has 0 bridgehead atoms. The van der Waals surface area contributed by atoms with Crippen molar-refractivity contribution in [3.63, 3.8) is 0 Å². The van der Waals surface area contributed by atoms with Crippen LogP contribution in [0.3, 0.4) is 0 Å². The van der Waals surface area contributed by atoms with E-state index >= 15 is 0 Å². The van der Waals surface area contributed by atoms with Gasteiger partial charge in [-0.1, -0.05) is 0 Å². The first-order valence-corrected chi connectivity index (χ1v) is 0. The summed E-state index contributed by atoms with van der Waals surface area (Å²) < 4.78 is 0. The Hall–Kier alpha value is 2.90. The molecule has 0 aromatic heterocycles. The summed E-state index contributed by atoms with van der Waals surface area (Å²) in [4.78, 5) is 0. The molecule has 34 valence electrons. The fourth-order valence-corrected chi connectivity index (χ4v) is 0. The maximum atomic E-state index is 0. The van der Waals surface area contributed by atoms with Gasteiger partial charge in [0, 0.05) is 0 Å². The minimum absolute atomic E-state index is 0. The van der Waals surface area contributed by atoms with Crippen molar-refractivity contribution in [2.45, 2.75) is 0 Å². The third-order valence-electron chi connectivity index (χ3n) is 0. The molecular formula is H15AlGaInP2. The van der Waals surface area contributed by atoms with Gasteiger partial charge in [-0.3, -0.25) is 0 Å². The Labute approximate surface area is 81.8 Å². The summed E-state index contributed by atoms with van der Waals surface area (Å²) in [5.41, 5.74) is 0. The third-order valence-corrected chi connectivity index (χ3v) is 0. The molecule has 0 fully saturated rings. The predicted molar refractivity (Wildman–Crippen MR) is 52.0 cm³/mol. The van der Waals surface area contributed by atoms with Crippen molar-refractivity contribution in [1.82, 2.24) is 0 Å². The molecule has 0 amide bonds. The van der Waals surface area contributed by atoms with E-state index in [4.69, 9.17) is 0 Å². The normalized spacial score (nSPS) is 0. The molecule has 0 aliphatic heterocycles. The van der Waals surface area contributed by atoms with Crippen LogP contribution in [0.5, 0.6) is 0 Å². The first kappa shape index (κ1) is 44.7. The average Bonchev–Trinajstić information content (AvgIpc) is 0. The van der Waals surface area contributed by atoms with Crippen molar-refractivity contribution in [3.8, 4) is 0 Å². The van der Waals surface area contributed by atoms with Crippen molar-refractivity contribution in [2.75, 3.05) is 0 Å². The Bertz CT molecular complexity index is 9.61. The topological polar surface area (TPSA) is 0 Å². The molecular weight excluding hydrogens is 273 g/mol. The van der Waals surface area contributed by atoms with Crippen molar-refractivity contribution in [3.05, 3.63) is 0 Å². The zero-order valence-electron chi connectivity index (χ0n) is 1.41. The first-order valence-electron chi connectivity index (χ1n) is 0. The summed E-state index contributed by atoms with van der Waals surface area (Å²) in [7, 11) is 0. The summed E-state index contributed by atoms with van der Waals surface area (Å²) in [6.45, 7) is 0. The van der Waals surface area contributed by atoms with Crippen LogP contribution in [0, 0.1) is 0 Å². The van der Waals surface area contributed by atoms with E-state index < -0.39 is 0 Å². The molecule has 2 atom stereocenters. The Kier molecular flexibility index (Phi) is 256. The summed E-state index contributed by atoms with van der Waals surface area (Å²) in [5, 5.41) is 0. The van der Waals surface area contributed by atoms with Gasteiger partial charge >= 0.3 is 45.6 Å². The summed E-state index contributed by atoms with van der Waals surface area (Å²) >= 11 is 0. The van der Waals surface area contributed by atoms with Crippen molar-refractivity contribution < 1.29 is 0 Å². The number of rotatable bonds is 0. The molecule has 0 saturated heterocycles. The van der Waals surface area contributed by atoms with Gasteiger partial charge in [-0.2, -0.15) is 19.8 Å². The van der Waals surface area contributed by atoms with Gasteiger partial charge in [0.05, 0.1) is 0 Å². The first-order chi connectivity index (χ1) is 0. The molecule has 0 aromatic carbocycles. The Balaban J connectivity index is 0. The van der Waals surface area contributed by atoms with Crippen LogP contribution in [-0.2, 0) is 0 Å². The van der Waals surface area contributed by atoms with Crippen LogP contribution in [-0.4, -0.2) is 63.0 Å². The van der Waals surface area contributed by atoms with E-state index in [1.54, 1.807) is 0 Å². The van der Waals surface area contributed by atoms with E-state index in [0.29, 0.717) is 0 Å². The predicted octanol–water partition coefficient (Wildman–Crippen LogP) is -3.44. The van der Waals surface area contributed by atoms with E-state index in [1.807, 2.05) is 0 Å². The Morgan fingerprint density at radius 3 is 0.800 bits per heavy atom. The SMILES string of the molecule is P.P.[AlH3].[GaH3].[InH3]. The van der Waals surface area contributed by atoms with Crippen LogP contribution in [0.2, 0.25) is 0 Å². The zero-order chi connectivity index (χ0) is 0. The fraction of sp³-hybridized carbons (Fsp3) is 0. The molecule has 0 N–H and O–H groups in total. The van der Waals surface area contributed by atoms with Gasteiger partial charge in [0.2, 0.25) is 0 Å². The standard InChI is InChI=1S/Al.Ga.In.2H3P.9H/h;;;2*1H3;;;;;;;;;. The van der Waals surface area contributed by atoms with Gasteiger partial charge in [0.25, 0.3) is 0 Å². The molecule has 0 aliphatic carbocycles. The van der Waals surface area contributed by atoms with Crippen LogP contribution < -0.4 is 0 Å². The van der Waals surface area contributed by atoms with Crippen molar-refractivity contribution in [2.24, 2.45) is 0 Å². The maximum absolute atomic E-state index is 0. The second kappa shape index (κ2) is 28.6. The monoisotopic (exact) mass is 288 g/mol. The second-order valence-corrected chi connectivity index (χ2v) is 0. The zero-order valence-corrected chi connectivity index (χ0v) is 4.24. The van der Waals surface area contributed by atoms with E-state index in [-0.39, 0.29) is 82.8 Å². The van der Waals surface area contributed by atoms with E-state index in [0.717, 1.165) is 0 Å². The summed E-state index contributed by atoms with van der Waals surface area (Å²) in [5.74, 6) is 0. The van der Waals surface area contributed by atoms with Gasteiger partial charge < -0.3 is 0 Å². The van der Waals surface area contributed by atoms with Crippen molar-refractivity contribution >= 4 is 82.8 Å². The molecule has 0 aliphatic rings. The molecule has 0 heterocycles. The van der Waals surface area contributed by atoms with Crippen LogP contribution in [0.25, 0.3) is 0 Å². The average molecular weight is 289 g/mol. The van der Waals surface area contributed by atoms with Crippen LogP contribution >= 0.6 is 19.8 Å². The van der Waals surface area contributed by atoms with E-state index in [1.165, 1.54) is 0 Å². The number of hydrogen-bond acceptors (Lipinski definition) is 0. The molecule has 5 heteroatoms. The van der Waals surface area contributed by atoms with E-state index in [9.17, 15) is 0 Å². The molecule has 0 aromatic rings.